The molecule has 0 aromatic carbocycles. The summed E-state index contributed by atoms with van der Waals surface area (Å²) >= 11 is 0. The molecule has 0 bridgehead atoms. The first-order valence-electron chi connectivity index (χ1n) is 2.81. The summed E-state index contributed by atoms with van der Waals surface area (Å²) in [7, 11) is 7.10. The summed E-state index contributed by atoms with van der Waals surface area (Å²) in [4.78, 5) is 1.61. The molecule has 0 aliphatic heterocycles. The highest BCUT2D eigenvalue weighted by atomic mass is 16.5. The van der Waals surface area contributed by atoms with Gasteiger partial charge in [0.15, 0.2) is 0 Å². The summed E-state index contributed by atoms with van der Waals surface area (Å²) < 4.78 is 5.02. The summed E-state index contributed by atoms with van der Waals surface area (Å²) in [5.41, 5.74) is 0. The van der Waals surface area contributed by atoms with Crippen molar-refractivity contribution >= 4 is 0 Å². The van der Waals surface area contributed by atoms with Crippen LogP contribution in [-0.2, 0) is 4.74 Å². The Morgan fingerprint density at radius 1 is 1.62 bits per heavy atom. The third-order valence-electron chi connectivity index (χ3n) is 0.792. The van der Waals surface area contributed by atoms with Crippen LogP contribution in [0.3, 0.4) is 0 Å². The second kappa shape index (κ2) is 5.06. The van der Waals surface area contributed by atoms with Crippen LogP contribution < -0.4 is 0 Å². The zero-order chi connectivity index (χ0) is 6.41. The van der Waals surface area contributed by atoms with Gasteiger partial charge in [0, 0.05) is 20.2 Å². The number of ether oxygens (including phenoxy) is 1. The Labute approximate surface area is 51.4 Å². The molecule has 0 aliphatic carbocycles. The van der Waals surface area contributed by atoms with E-state index in [1.807, 2.05) is 14.0 Å². The van der Waals surface area contributed by atoms with Crippen LogP contribution >= 0.6 is 0 Å². The van der Waals surface area contributed by atoms with Crippen LogP contribution in [0.5, 0.6) is 0 Å². The Bertz CT molecular complexity index is 45.8. The number of hydrogen-bond donors (Lipinski definition) is 0. The predicted octanol–water partition coefficient (Wildman–Crippen LogP) is 0.623. The molecule has 0 fully saturated rings. The number of hydrogen-bond acceptors (Lipinski definition) is 2. The largest absolute Gasteiger partial charge is 0.380 e. The molecule has 0 aliphatic rings. The van der Waals surface area contributed by atoms with Gasteiger partial charge in [0.25, 0.3) is 0 Å². The molecule has 0 rings (SSSR count). The van der Waals surface area contributed by atoms with Gasteiger partial charge in [-0.25, -0.2) is 0 Å². The van der Waals surface area contributed by atoms with Crippen LogP contribution in [0, 0.1) is 7.05 Å². The quantitative estimate of drug-likeness (QED) is 0.393. The van der Waals surface area contributed by atoms with E-state index in [0.29, 0.717) is 0 Å². The third-order valence-corrected chi connectivity index (χ3v) is 0.792. The molecule has 0 atom stereocenters. The molecular formula is C6H13NO. The van der Waals surface area contributed by atoms with Crippen molar-refractivity contribution in [1.29, 1.82) is 0 Å². The molecule has 0 aromatic heterocycles. The van der Waals surface area contributed by atoms with E-state index in [4.69, 9.17) is 11.8 Å². The molecule has 0 spiro atoms. The fourth-order valence-electron chi connectivity index (χ4n) is 0.353. The molecule has 8 heavy (non-hydrogen) atoms. The van der Waals surface area contributed by atoms with Gasteiger partial charge in [-0.05, 0) is 14.0 Å². The standard InChI is InChI=1S/C6H13NO/c1-4-8-6-5-7(2)3/h2H,4-6H2,1,3H3. The lowest BCUT2D eigenvalue weighted by molar-refractivity contribution is 0.133. The van der Waals surface area contributed by atoms with Gasteiger partial charge in [-0.1, -0.05) is 0 Å². The average molecular weight is 115 g/mol. The summed E-state index contributed by atoms with van der Waals surface area (Å²) in [5.74, 6) is 0. The lowest BCUT2D eigenvalue weighted by atomic mass is 10.6. The second-order valence-electron chi connectivity index (χ2n) is 1.68. The summed E-state index contributed by atoms with van der Waals surface area (Å²) in [6.07, 6.45) is 0. The lowest BCUT2D eigenvalue weighted by Gasteiger charge is -2.06. The number of likely N-dealkylation sites (N-methyl/N-ethyl adjacent to an activating group) is 1. The summed E-state index contributed by atoms with van der Waals surface area (Å²) in [6, 6.07) is 0. The fraction of sp³-hybridized carbons (Fsp3) is 0.833. The number of nitrogens with zero attached hydrogens (tertiary/aromatic N) is 1. The maximum absolute atomic E-state index is 5.29. The van der Waals surface area contributed by atoms with Gasteiger partial charge in [-0.3, -0.25) is 4.90 Å². The Kier molecular flexibility index (Phi) is 5.01. The highest BCUT2D eigenvalue weighted by molar-refractivity contribution is 4.43. The Hall–Kier alpha value is -0.0800. The van der Waals surface area contributed by atoms with Crippen molar-refractivity contribution < 1.29 is 4.74 Å². The molecule has 2 radical (unpaired) electrons. The molecule has 0 N–H and O–H groups in total. The monoisotopic (exact) mass is 115 g/mol. The van der Waals surface area contributed by atoms with Crippen LogP contribution in [0.15, 0.2) is 0 Å². The molecule has 0 aromatic rings. The van der Waals surface area contributed by atoms with Gasteiger partial charge in [-0.2, -0.15) is 0 Å². The molecule has 2 nitrogen and oxygen atoms in total. The highest BCUT2D eigenvalue weighted by Crippen LogP contribution is 1.77. The number of rotatable bonds is 4. The van der Waals surface area contributed by atoms with Crippen LogP contribution in [0.4, 0.5) is 0 Å². The van der Waals surface area contributed by atoms with Gasteiger partial charge in [0.1, 0.15) is 0 Å². The first-order chi connectivity index (χ1) is 3.77. The first-order valence-corrected chi connectivity index (χ1v) is 2.81. The average Bonchev–Trinajstić information content (AvgIpc) is 1.66. The minimum Gasteiger partial charge on any atom is -0.380 e. The molecule has 2 heteroatoms. The molecule has 0 saturated carbocycles. The highest BCUT2D eigenvalue weighted by Gasteiger charge is 1.86. The van der Waals surface area contributed by atoms with E-state index in [-0.39, 0.29) is 0 Å². The Balaban J connectivity index is 2.72. The SMILES string of the molecule is [CH]N(C)CCOCC. The summed E-state index contributed by atoms with van der Waals surface area (Å²) in [5, 5.41) is 0. The minimum atomic E-state index is 0.726. The predicted molar refractivity (Wildman–Crippen MR) is 33.4 cm³/mol. The van der Waals surface area contributed by atoms with E-state index >= 15 is 0 Å². The Morgan fingerprint density at radius 2 is 2.25 bits per heavy atom. The van der Waals surface area contributed by atoms with E-state index in [9.17, 15) is 0 Å². The lowest BCUT2D eigenvalue weighted by Crippen LogP contribution is -2.15. The zero-order valence-electron chi connectivity index (χ0n) is 5.55. The van der Waals surface area contributed by atoms with Crippen LogP contribution in [0.1, 0.15) is 6.92 Å². The van der Waals surface area contributed by atoms with E-state index < -0.39 is 0 Å². The van der Waals surface area contributed by atoms with Crippen LogP contribution in [-0.4, -0.2) is 31.7 Å². The minimum absolute atomic E-state index is 0.726. The van der Waals surface area contributed by atoms with Gasteiger partial charge in [-0.15, -0.1) is 0 Å². The van der Waals surface area contributed by atoms with Crippen molar-refractivity contribution in [3.05, 3.63) is 7.05 Å². The van der Waals surface area contributed by atoms with Crippen molar-refractivity contribution in [2.75, 3.05) is 26.8 Å². The maximum Gasteiger partial charge on any atom is 0.0593 e. The normalized spacial score (nSPS) is 10.5. The first kappa shape index (κ1) is 7.92. The molecule has 48 valence electrons. The molecule has 0 unspecified atom stereocenters. The van der Waals surface area contributed by atoms with Crippen LogP contribution in [0.2, 0.25) is 0 Å². The van der Waals surface area contributed by atoms with Gasteiger partial charge >= 0.3 is 0 Å². The van der Waals surface area contributed by atoms with Crippen molar-refractivity contribution in [3.8, 4) is 0 Å². The van der Waals surface area contributed by atoms with E-state index in [2.05, 4.69) is 0 Å². The van der Waals surface area contributed by atoms with E-state index in [1.165, 1.54) is 0 Å². The van der Waals surface area contributed by atoms with Crippen LogP contribution in [0.25, 0.3) is 0 Å². The van der Waals surface area contributed by atoms with E-state index in [1.54, 1.807) is 4.90 Å². The molecule has 0 heterocycles. The van der Waals surface area contributed by atoms with Gasteiger partial charge in [0.05, 0.1) is 6.61 Å². The molecular weight excluding hydrogens is 102 g/mol. The molecule has 0 amide bonds. The van der Waals surface area contributed by atoms with Gasteiger partial charge in [0.2, 0.25) is 0 Å². The van der Waals surface area contributed by atoms with E-state index in [0.717, 1.165) is 19.8 Å². The van der Waals surface area contributed by atoms with Gasteiger partial charge < -0.3 is 4.74 Å². The maximum atomic E-state index is 5.29. The summed E-state index contributed by atoms with van der Waals surface area (Å²) in [6.45, 7) is 4.27. The third kappa shape index (κ3) is 5.92. The van der Waals surface area contributed by atoms with Crippen molar-refractivity contribution in [3.63, 3.8) is 0 Å². The fourth-order valence-corrected chi connectivity index (χ4v) is 0.353. The zero-order valence-corrected chi connectivity index (χ0v) is 5.55. The topological polar surface area (TPSA) is 12.5 Å². The Morgan fingerprint density at radius 3 is 2.62 bits per heavy atom. The molecule has 0 saturated heterocycles. The smallest absolute Gasteiger partial charge is 0.0593 e. The van der Waals surface area contributed by atoms with Crippen molar-refractivity contribution in [1.82, 2.24) is 4.90 Å². The van der Waals surface area contributed by atoms with Crippen molar-refractivity contribution in [2.24, 2.45) is 0 Å². The second-order valence-corrected chi connectivity index (χ2v) is 1.68. The van der Waals surface area contributed by atoms with Crippen molar-refractivity contribution in [2.45, 2.75) is 6.92 Å².